The summed E-state index contributed by atoms with van der Waals surface area (Å²) in [6.45, 7) is 2.30. The van der Waals surface area contributed by atoms with Crippen molar-refractivity contribution in [2.75, 3.05) is 27.8 Å². The Labute approximate surface area is 163 Å². The van der Waals surface area contributed by atoms with E-state index in [0.29, 0.717) is 24.5 Å². The lowest BCUT2D eigenvalue weighted by Gasteiger charge is -2.20. The molecule has 0 spiro atoms. The van der Waals surface area contributed by atoms with E-state index in [1.807, 2.05) is 25.1 Å². The molecule has 27 heavy (non-hydrogen) atoms. The number of rotatable bonds is 9. The first-order valence-electron chi connectivity index (χ1n) is 8.62. The van der Waals surface area contributed by atoms with Gasteiger partial charge in [0.15, 0.2) is 6.61 Å². The third kappa shape index (κ3) is 5.77. The van der Waals surface area contributed by atoms with Crippen molar-refractivity contribution in [2.45, 2.75) is 26.0 Å². The second-order valence-electron chi connectivity index (χ2n) is 6.11. The molecule has 1 aromatic heterocycles. The van der Waals surface area contributed by atoms with Gasteiger partial charge in [0.25, 0.3) is 11.8 Å². The molecule has 0 aliphatic carbocycles. The third-order valence-corrected chi connectivity index (χ3v) is 4.73. The van der Waals surface area contributed by atoms with Gasteiger partial charge in [-0.25, -0.2) is 4.98 Å². The van der Waals surface area contributed by atoms with Gasteiger partial charge in [0.2, 0.25) is 0 Å². The molecule has 8 heteroatoms. The molecule has 0 saturated heterocycles. The Kier molecular flexibility index (Phi) is 7.75. The zero-order valence-electron chi connectivity index (χ0n) is 16.0. The van der Waals surface area contributed by atoms with Crippen LogP contribution >= 0.6 is 11.3 Å². The first kappa shape index (κ1) is 20.9. The number of methoxy groups -OCH3 is 1. The van der Waals surface area contributed by atoms with Crippen molar-refractivity contribution >= 4 is 23.2 Å². The van der Waals surface area contributed by atoms with Crippen molar-refractivity contribution in [2.24, 2.45) is 0 Å². The van der Waals surface area contributed by atoms with Gasteiger partial charge in [0, 0.05) is 32.1 Å². The molecule has 0 aliphatic rings. The summed E-state index contributed by atoms with van der Waals surface area (Å²) in [5, 5.41) is 5.46. The van der Waals surface area contributed by atoms with Gasteiger partial charge < -0.3 is 19.7 Å². The minimum atomic E-state index is -0.254. The molecule has 0 bridgehead atoms. The number of hydrogen-bond acceptors (Lipinski definition) is 6. The predicted octanol–water partition coefficient (Wildman–Crippen LogP) is 2.64. The smallest absolute Gasteiger partial charge is 0.271 e. The summed E-state index contributed by atoms with van der Waals surface area (Å²) in [5.41, 5.74) is 1.19. The molecule has 1 heterocycles. The number of ether oxygens (including phenoxy) is 2. The lowest BCUT2D eigenvalue weighted by Crippen LogP contribution is -2.30. The molecule has 146 valence electrons. The number of aromatic nitrogens is 1. The Bertz CT molecular complexity index is 776. The fourth-order valence-electron chi connectivity index (χ4n) is 2.41. The number of nitrogens with one attached hydrogen (secondary N) is 1. The van der Waals surface area contributed by atoms with Crippen LogP contribution in [0.4, 0.5) is 0 Å². The Balaban J connectivity index is 2.11. The standard InChI is InChI=1S/C19H25N3O4S/c1-5-14(21-19(24)15-12-27-17(20-15)10-25-4)13-8-6-7-9-16(13)26-11-18(23)22(2)3/h6-9,12,14H,5,10-11H2,1-4H3,(H,21,24). The Morgan fingerprint density at radius 1 is 1.30 bits per heavy atom. The van der Waals surface area contributed by atoms with Crippen LogP contribution in [0, 0.1) is 0 Å². The molecule has 0 saturated carbocycles. The van der Waals surface area contributed by atoms with Crippen LogP contribution in [0.3, 0.4) is 0 Å². The van der Waals surface area contributed by atoms with Crippen LogP contribution in [0.15, 0.2) is 29.6 Å². The number of carbonyl (C=O) groups excluding carboxylic acids is 2. The summed E-state index contributed by atoms with van der Waals surface area (Å²) in [6, 6.07) is 7.15. The van der Waals surface area contributed by atoms with Gasteiger partial charge in [0.1, 0.15) is 16.5 Å². The summed E-state index contributed by atoms with van der Waals surface area (Å²) in [7, 11) is 4.95. The van der Waals surface area contributed by atoms with E-state index in [1.165, 1.54) is 16.2 Å². The quantitative estimate of drug-likeness (QED) is 0.711. The molecule has 1 unspecified atom stereocenters. The molecule has 0 aliphatic heterocycles. The summed E-state index contributed by atoms with van der Waals surface area (Å²) in [6.07, 6.45) is 0.669. The second kappa shape index (κ2) is 10.0. The maximum absolute atomic E-state index is 12.6. The fourth-order valence-corrected chi connectivity index (χ4v) is 3.15. The number of para-hydroxylation sites is 1. The number of nitrogens with zero attached hydrogens (tertiary/aromatic N) is 2. The molecule has 2 rings (SSSR count). The highest BCUT2D eigenvalue weighted by Gasteiger charge is 2.20. The molecule has 0 fully saturated rings. The van der Waals surface area contributed by atoms with E-state index < -0.39 is 0 Å². The van der Waals surface area contributed by atoms with E-state index in [1.54, 1.807) is 32.7 Å². The average molecular weight is 391 g/mol. The number of amides is 2. The van der Waals surface area contributed by atoms with Gasteiger partial charge in [-0.1, -0.05) is 25.1 Å². The molecule has 2 aromatic rings. The highest BCUT2D eigenvalue weighted by molar-refractivity contribution is 7.09. The lowest BCUT2D eigenvalue weighted by atomic mass is 10.0. The van der Waals surface area contributed by atoms with Crippen LogP contribution in [0.5, 0.6) is 5.75 Å². The van der Waals surface area contributed by atoms with Crippen LogP contribution < -0.4 is 10.1 Å². The molecule has 0 radical (unpaired) electrons. The van der Waals surface area contributed by atoms with E-state index in [2.05, 4.69) is 10.3 Å². The van der Waals surface area contributed by atoms with Crippen molar-refractivity contribution in [1.82, 2.24) is 15.2 Å². The first-order valence-corrected chi connectivity index (χ1v) is 9.50. The molecular formula is C19H25N3O4S. The Morgan fingerprint density at radius 3 is 2.70 bits per heavy atom. The van der Waals surface area contributed by atoms with Gasteiger partial charge in [-0.3, -0.25) is 9.59 Å². The van der Waals surface area contributed by atoms with Gasteiger partial charge in [-0.2, -0.15) is 0 Å². The van der Waals surface area contributed by atoms with E-state index in [-0.39, 0.29) is 24.5 Å². The van der Waals surface area contributed by atoms with Gasteiger partial charge >= 0.3 is 0 Å². The summed E-state index contributed by atoms with van der Waals surface area (Å²) < 4.78 is 10.7. The topological polar surface area (TPSA) is 80.8 Å². The zero-order chi connectivity index (χ0) is 19.8. The van der Waals surface area contributed by atoms with Crippen molar-refractivity contribution in [3.63, 3.8) is 0 Å². The average Bonchev–Trinajstić information content (AvgIpc) is 3.13. The fraction of sp³-hybridized carbons (Fsp3) is 0.421. The maximum atomic E-state index is 12.6. The van der Waals surface area contributed by atoms with Crippen molar-refractivity contribution in [1.29, 1.82) is 0 Å². The highest BCUT2D eigenvalue weighted by atomic mass is 32.1. The van der Waals surface area contributed by atoms with Crippen LogP contribution in [-0.2, 0) is 16.1 Å². The Hall–Kier alpha value is -2.45. The largest absolute Gasteiger partial charge is 0.483 e. The zero-order valence-corrected chi connectivity index (χ0v) is 16.8. The molecule has 1 N–H and O–H groups in total. The van der Waals surface area contributed by atoms with Crippen molar-refractivity contribution in [3.8, 4) is 5.75 Å². The van der Waals surface area contributed by atoms with Crippen LogP contribution in [-0.4, -0.2) is 49.5 Å². The number of likely N-dealkylation sites (N-methyl/N-ethyl adjacent to an activating group) is 1. The van der Waals surface area contributed by atoms with E-state index >= 15 is 0 Å². The molecule has 1 aromatic carbocycles. The normalized spacial score (nSPS) is 11.7. The van der Waals surface area contributed by atoms with Crippen LogP contribution in [0.2, 0.25) is 0 Å². The SMILES string of the molecule is CCC(NC(=O)c1csc(COC)n1)c1ccccc1OCC(=O)N(C)C. The number of benzene rings is 1. The number of carbonyl (C=O) groups is 2. The maximum Gasteiger partial charge on any atom is 0.271 e. The van der Waals surface area contributed by atoms with Gasteiger partial charge in [-0.15, -0.1) is 11.3 Å². The minimum Gasteiger partial charge on any atom is -0.483 e. The Morgan fingerprint density at radius 2 is 2.04 bits per heavy atom. The van der Waals surface area contributed by atoms with Crippen LogP contribution in [0.1, 0.15) is 40.4 Å². The minimum absolute atomic E-state index is 0.0547. The van der Waals surface area contributed by atoms with E-state index in [0.717, 1.165) is 10.6 Å². The van der Waals surface area contributed by atoms with Gasteiger partial charge in [0.05, 0.1) is 12.6 Å². The van der Waals surface area contributed by atoms with E-state index in [9.17, 15) is 9.59 Å². The van der Waals surface area contributed by atoms with Crippen LogP contribution in [0.25, 0.3) is 0 Å². The summed E-state index contributed by atoms with van der Waals surface area (Å²) in [4.78, 5) is 30.1. The third-order valence-electron chi connectivity index (χ3n) is 3.91. The number of hydrogen-bond donors (Lipinski definition) is 1. The van der Waals surface area contributed by atoms with Gasteiger partial charge in [-0.05, 0) is 12.5 Å². The number of thiazole rings is 1. The summed E-state index contributed by atoms with van der Waals surface area (Å²) >= 11 is 1.39. The van der Waals surface area contributed by atoms with Crippen molar-refractivity contribution in [3.05, 3.63) is 45.9 Å². The monoisotopic (exact) mass is 391 g/mol. The molecule has 7 nitrogen and oxygen atoms in total. The molecule has 2 amide bonds. The van der Waals surface area contributed by atoms with E-state index in [4.69, 9.17) is 9.47 Å². The predicted molar refractivity (Wildman–Crippen MR) is 104 cm³/mol. The molecular weight excluding hydrogens is 366 g/mol. The summed E-state index contributed by atoms with van der Waals surface area (Å²) in [5.74, 6) is 0.202. The van der Waals surface area contributed by atoms with Crippen molar-refractivity contribution < 1.29 is 19.1 Å². The molecule has 1 atom stereocenters. The first-order chi connectivity index (χ1) is 13.0. The second-order valence-corrected chi connectivity index (χ2v) is 7.05. The lowest BCUT2D eigenvalue weighted by molar-refractivity contribution is -0.130. The highest BCUT2D eigenvalue weighted by Crippen LogP contribution is 2.27.